The summed E-state index contributed by atoms with van der Waals surface area (Å²) in [6.07, 6.45) is 1.08. The summed E-state index contributed by atoms with van der Waals surface area (Å²) >= 11 is 1.51. The maximum Gasteiger partial charge on any atom is 0.307 e. The number of hydrogen-bond donors (Lipinski definition) is 1. The van der Waals surface area contributed by atoms with Gasteiger partial charge >= 0.3 is 5.97 Å². The standard InChI is InChI=1S/C19H23NO4S/c1-14-7-3-4-8-16(14)24-11-5-10-18(21)20-15(13-19(22)23-2)17-9-6-12-25-17/h3-4,6-9,12,15H,5,10-11,13H2,1-2H3,(H,20,21). The molecular weight excluding hydrogens is 338 g/mol. The number of carbonyl (C=O) groups excluding carboxylic acids is 2. The lowest BCUT2D eigenvalue weighted by Crippen LogP contribution is -2.30. The lowest BCUT2D eigenvalue weighted by molar-refractivity contribution is -0.141. The number of methoxy groups -OCH3 is 1. The minimum Gasteiger partial charge on any atom is -0.493 e. The Kier molecular flexibility index (Phi) is 7.47. The lowest BCUT2D eigenvalue weighted by Gasteiger charge is -2.16. The van der Waals surface area contributed by atoms with Crippen LogP contribution < -0.4 is 10.1 Å². The molecule has 0 saturated carbocycles. The first-order valence-corrected chi connectivity index (χ1v) is 9.06. The van der Waals surface area contributed by atoms with Crippen molar-refractivity contribution in [3.05, 3.63) is 52.2 Å². The molecule has 0 aliphatic heterocycles. The predicted molar refractivity (Wildman–Crippen MR) is 97.7 cm³/mol. The van der Waals surface area contributed by atoms with Crippen LogP contribution in [-0.2, 0) is 14.3 Å². The topological polar surface area (TPSA) is 64.6 Å². The van der Waals surface area contributed by atoms with E-state index in [4.69, 9.17) is 9.47 Å². The lowest BCUT2D eigenvalue weighted by atomic mass is 10.1. The molecule has 2 rings (SSSR count). The first-order valence-electron chi connectivity index (χ1n) is 8.18. The Hall–Kier alpha value is -2.34. The second-order valence-corrected chi connectivity index (χ2v) is 6.61. The van der Waals surface area contributed by atoms with Crippen LogP contribution in [0.1, 0.15) is 35.7 Å². The highest BCUT2D eigenvalue weighted by atomic mass is 32.1. The Balaban J connectivity index is 1.79. The zero-order chi connectivity index (χ0) is 18.1. The number of aryl methyl sites for hydroxylation is 1. The molecule has 1 aromatic carbocycles. The molecule has 1 atom stereocenters. The van der Waals surface area contributed by atoms with E-state index >= 15 is 0 Å². The van der Waals surface area contributed by atoms with Crippen LogP contribution in [0, 0.1) is 6.92 Å². The summed E-state index contributed by atoms with van der Waals surface area (Å²) in [4.78, 5) is 24.7. The monoisotopic (exact) mass is 361 g/mol. The summed E-state index contributed by atoms with van der Waals surface area (Å²) in [5, 5.41) is 4.83. The van der Waals surface area contributed by atoms with Crippen molar-refractivity contribution in [1.29, 1.82) is 0 Å². The average Bonchev–Trinajstić information content (AvgIpc) is 3.14. The van der Waals surface area contributed by atoms with Gasteiger partial charge in [-0.2, -0.15) is 0 Å². The van der Waals surface area contributed by atoms with E-state index in [0.29, 0.717) is 19.4 Å². The number of nitrogens with one attached hydrogen (secondary N) is 1. The van der Waals surface area contributed by atoms with E-state index in [2.05, 4.69) is 5.32 Å². The number of hydrogen-bond acceptors (Lipinski definition) is 5. The molecule has 1 aromatic heterocycles. The highest BCUT2D eigenvalue weighted by Crippen LogP contribution is 2.22. The van der Waals surface area contributed by atoms with Crippen molar-refractivity contribution in [3.8, 4) is 5.75 Å². The number of benzene rings is 1. The Bertz CT molecular complexity index is 684. The number of amides is 1. The number of esters is 1. The van der Waals surface area contributed by atoms with Crippen molar-refractivity contribution >= 4 is 23.2 Å². The smallest absolute Gasteiger partial charge is 0.307 e. The van der Waals surface area contributed by atoms with E-state index in [1.54, 1.807) is 0 Å². The average molecular weight is 361 g/mol. The normalized spacial score (nSPS) is 11.6. The number of ether oxygens (including phenoxy) is 2. The van der Waals surface area contributed by atoms with Gasteiger partial charge in [-0.1, -0.05) is 24.3 Å². The molecular formula is C19H23NO4S. The van der Waals surface area contributed by atoms with Crippen LogP contribution in [-0.4, -0.2) is 25.6 Å². The molecule has 0 spiro atoms. The Morgan fingerprint density at radius 2 is 2.00 bits per heavy atom. The van der Waals surface area contributed by atoms with Crippen molar-refractivity contribution < 1.29 is 19.1 Å². The third-order valence-electron chi connectivity index (χ3n) is 3.72. The molecule has 0 saturated heterocycles. The van der Waals surface area contributed by atoms with Gasteiger partial charge in [-0.15, -0.1) is 11.3 Å². The molecule has 1 N–H and O–H groups in total. The Morgan fingerprint density at radius 1 is 1.20 bits per heavy atom. The fourth-order valence-electron chi connectivity index (χ4n) is 2.36. The van der Waals surface area contributed by atoms with Gasteiger partial charge in [0.25, 0.3) is 0 Å². The second-order valence-electron chi connectivity index (χ2n) is 5.63. The van der Waals surface area contributed by atoms with E-state index in [1.807, 2.05) is 48.7 Å². The zero-order valence-electron chi connectivity index (χ0n) is 14.5. The summed E-state index contributed by atoms with van der Waals surface area (Å²) in [5.41, 5.74) is 1.07. The molecule has 25 heavy (non-hydrogen) atoms. The predicted octanol–water partition coefficient (Wildman–Crippen LogP) is 3.64. The fourth-order valence-corrected chi connectivity index (χ4v) is 3.14. The van der Waals surface area contributed by atoms with E-state index in [0.717, 1.165) is 16.2 Å². The maximum atomic E-state index is 12.2. The van der Waals surface area contributed by atoms with Crippen LogP contribution in [0.2, 0.25) is 0 Å². The molecule has 134 valence electrons. The van der Waals surface area contributed by atoms with Gasteiger partial charge < -0.3 is 14.8 Å². The third-order valence-corrected chi connectivity index (χ3v) is 4.71. The van der Waals surface area contributed by atoms with Crippen molar-refractivity contribution in [2.75, 3.05) is 13.7 Å². The highest BCUT2D eigenvalue weighted by molar-refractivity contribution is 7.10. The van der Waals surface area contributed by atoms with E-state index in [-0.39, 0.29) is 24.3 Å². The molecule has 1 unspecified atom stereocenters. The number of rotatable bonds is 9. The van der Waals surface area contributed by atoms with Gasteiger partial charge in [-0.3, -0.25) is 9.59 Å². The van der Waals surface area contributed by atoms with Crippen LogP contribution in [0.15, 0.2) is 41.8 Å². The summed E-state index contributed by atoms with van der Waals surface area (Å²) < 4.78 is 10.4. The van der Waals surface area contributed by atoms with Crippen LogP contribution in [0.5, 0.6) is 5.75 Å². The quantitative estimate of drug-likeness (QED) is 0.547. The Labute approximate surface area is 152 Å². The minimum absolute atomic E-state index is 0.101. The number of thiophene rings is 1. The fraction of sp³-hybridized carbons (Fsp3) is 0.368. The van der Waals surface area contributed by atoms with Crippen LogP contribution >= 0.6 is 11.3 Å². The first-order chi connectivity index (χ1) is 12.1. The summed E-state index contributed by atoms with van der Waals surface area (Å²) in [5.74, 6) is 0.391. The molecule has 0 bridgehead atoms. The third kappa shape index (κ3) is 6.23. The van der Waals surface area contributed by atoms with Crippen molar-refractivity contribution in [2.45, 2.75) is 32.2 Å². The van der Waals surface area contributed by atoms with Gasteiger partial charge in [0.1, 0.15) is 5.75 Å². The number of carbonyl (C=O) groups is 2. The second kappa shape index (κ2) is 9.84. The summed E-state index contributed by atoms with van der Waals surface area (Å²) in [6.45, 7) is 2.46. The van der Waals surface area contributed by atoms with Gasteiger partial charge in [0.15, 0.2) is 0 Å². The van der Waals surface area contributed by atoms with Crippen LogP contribution in [0.4, 0.5) is 0 Å². The molecule has 6 heteroatoms. The zero-order valence-corrected chi connectivity index (χ0v) is 15.3. The van der Waals surface area contributed by atoms with E-state index in [9.17, 15) is 9.59 Å². The van der Waals surface area contributed by atoms with Crippen molar-refractivity contribution in [2.24, 2.45) is 0 Å². The molecule has 0 aliphatic carbocycles. The molecule has 0 aliphatic rings. The van der Waals surface area contributed by atoms with E-state index in [1.165, 1.54) is 18.4 Å². The SMILES string of the molecule is COC(=O)CC(NC(=O)CCCOc1ccccc1C)c1cccs1. The molecule has 0 radical (unpaired) electrons. The van der Waals surface area contributed by atoms with E-state index < -0.39 is 0 Å². The van der Waals surface area contributed by atoms with Gasteiger partial charge in [0, 0.05) is 11.3 Å². The maximum absolute atomic E-state index is 12.2. The molecule has 1 amide bonds. The highest BCUT2D eigenvalue weighted by Gasteiger charge is 2.19. The minimum atomic E-state index is -0.350. The Morgan fingerprint density at radius 3 is 2.68 bits per heavy atom. The molecule has 0 fully saturated rings. The van der Waals surface area contributed by atoms with Crippen LogP contribution in [0.3, 0.4) is 0 Å². The van der Waals surface area contributed by atoms with Crippen molar-refractivity contribution in [1.82, 2.24) is 5.32 Å². The molecule has 5 nitrogen and oxygen atoms in total. The van der Waals surface area contributed by atoms with Gasteiger partial charge in [-0.05, 0) is 36.4 Å². The largest absolute Gasteiger partial charge is 0.493 e. The van der Waals surface area contributed by atoms with Gasteiger partial charge in [0.05, 0.1) is 26.2 Å². The van der Waals surface area contributed by atoms with Gasteiger partial charge in [-0.25, -0.2) is 0 Å². The van der Waals surface area contributed by atoms with Gasteiger partial charge in [0.2, 0.25) is 5.91 Å². The van der Waals surface area contributed by atoms with Crippen molar-refractivity contribution in [3.63, 3.8) is 0 Å². The summed E-state index contributed by atoms with van der Waals surface area (Å²) in [7, 11) is 1.35. The molecule has 1 heterocycles. The first kappa shape index (κ1) is 19.0. The molecule has 2 aromatic rings. The number of para-hydroxylation sites is 1. The summed E-state index contributed by atoms with van der Waals surface area (Å²) in [6, 6.07) is 11.2. The van der Waals surface area contributed by atoms with Crippen LogP contribution in [0.25, 0.3) is 0 Å².